The summed E-state index contributed by atoms with van der Waals surface area (Å²) < 4.78 is 0. The van der Waals surface area contributed by atoms with Gasteiger partial charge in [-0.15, -0.1) is 0 Å². The maximum Gasteiger partial charge on any atom is 0.182 e. The molecule has 0 radical (unpaired) electrons. The molecule has 0 aliphatic heterocycles. The Morgan fingerprint density at radius 1 is 0.591 bits per heavy atom. The van der Waals surface area contributed by atoms with Gasteiger partial charge in [0.2, 0.25) is 0 Å². The normalized spacial score (nSPS) is 10.8. The molecule has 0 nitrogen and oxygen atoms in total. The van der Waals surface area contributed by atoms with E-state index >= 15 is 0 Å². The van der Waals surface area contributed by atoms with Crippen LogP contribution in [0.1, 0.15) is 5.56 Å². The lowest BCUT2D eigenvalue weighted by molar-refractivity contribution is -0.00000402. The molecule has 0 aliphatic rings. The Labute approximate surface area is 148 Å². The number of hydrogen-bond donors (Lipinski definition) is 0. The van der Waals surface area contributed by atoms with E-state index < -0.39 is 6.62 Å². The SMILES string of the molecule is Cl[P+](Cc1ccccc1)(c1ccccc1)c1ccccc1.[Br-]. The van der Waals surface area contributed by atoms with Crippen LogP contribution in [0.2, 0.25) is 0 Å². The highest BCUT2D eigenvalue weighted by molar-refractivity contribution is 8.09. The van der Waals surface area contributed by atoms with Crippen molar-refractivity contribution < 1.29 is 17.0 Å². The topological polar surface area (TPSA) is 0 Å². The zero-order valence-electron chi connectivity index (χ0n) is 12.1. The number of hydrogen-bond acceptors (Lipinski definition) is 0. The largest absolute Gasteiger partial charge is 1.00 e. The minimum Gasteiger partial charge on any atom is -1.00 e. The van der Waals surface area contributed by atoms with Gasteiger partial charge in [0.15, 0.2) is 6.62 Å². The van der Waals surface area contributed by atoms with Crippen molar-refractivity contribution in [3.05, 3.63) is 96.6 Å². The molecule has 3 heteroatoms. The average Bonchev–Trinajstić information content (AvgIpc) is 2.57. The van der Waals surface area contributed by atoms with Crippen molar-refractivity contribution in [1.82, 2.24) is 0 Å². The molecule has 3 aromatic rings. The second kappa shape index (κ2) is 7.92. The predicted molar refractivity (Wildman–Crippen MR) is 95.1 cm³/mol. The predicted octanol–water partition coefficient (Wildman–Crippen LogP) is 2.01. The van der Waals surface area contributed by atoms with Crippen LogP contribution in [0.3, 0.4) is 0 Å². The van der Waals surface area contributed by atoms with Crippen molar-refractivity contribution in [1.29, 1.82) is 0 Å². The zero-order chi connectivity index (χ0) is 14.5. The molecule has 0 aliphatic carbocycles. The zero-order valence-corrected chi connectivity index (χ0v) is 15.3. The third kappa shape index (κ3) is 3.79. The Morgan fingerprint density at radius 2 is 0.955 bits per heavy atom. The highest BCUT2D eigenvalue weighted by Gasteiger charge is 2.41. The Morgan fingerprint density at radius 3 is 1.36 bits per heavy atom. The van der Waals surface area contributed by atoms with Crippen LogP contribution in [0.4, 0.5) is 0 Å². The molecule has 22 heavy (non-hydrogen) atoms. The third-order valence-corrected chi connectivity index (χ3v) is 8.14. The minimum absolute atomic E-state index is 0. The Balaban J connectivity index is 0.00000176. The first-order valence-electron chi connectivity index (χ1n) is 7.02. The van der Waals surface area contributed by atoms with Gasteiger partial charge in [0.25, 0.3) is 0 Å². The lowest BCUT2D eigenvalue weighted by atomic mass is 10.2. The molecule has 0 fully saturated rings. The smallest absolute Gasteiger partial charge is 0.182 e. The van der Waals surface area contributed by atoms with E-state index in [1.54, 1.807) is 0 Å². The molecule has 0 saturated carbocycles. The molecule has 0 spiro atoms. The standard InChI is InChI=1S/C19H17ClP.BrH/c20-21(18-12-6-2-7-13-18,19-14-8-3-9-15-19)16-17-10-4-1-5-11-17;/h1-15H,16H2;1H/q+1;/p-1. The van der Waals surface area contributed by atoms with Crippen molar-refractivity contribution in [2.24, 2.45) is 0 Å². The molecule has 0 bridgehead atoms. The maximum atomic E-state index is 7.24. The Kier molecular flexibility index (Phi) is 6.20. The molecule has 3 aromatic carbocycles. The summed E-state index contributed by atoms with van der Waals surface area (Å²) in [7, 11) is 0. The van der Waals surface area contributed by atoms with E-state index in [-0.39, 0.29) is 17.0 Å². The van der Waals surface area contributed by atoms with E-state index in [4.69, 9.17) is 11.2 Å². The fourth-order valence-electron chi connectivity index (χ4n) is 2.50. The highest BCUT2D eigenvalue weighted by Crippen LogP contribution is 2.63. The van der Waals surface area contributed by atoms with E-state index in [0.29, 0.717) is 0 Å². The molecule has 0 aromatic heterocycles. The summed E-state index contributed by atoms with van der Waals surface area (Å²) in [4.78, 5) is 0. The summed E-state index contributed by atoms with van der Waals surface area (Å²) in [6, 6.07) is 31.5. The fraction of sp³-hybridized carbons (Fsp3) is 0.0526. The lowest BCUT2D eigenvalue weighted by Crippen LogP contribution is -3.00. The molecule has 3 rings (SSSR count). The molecule has 0 N–H and O–H groups in total. The van der Waals surface area contributed by atoms with Gasteiger partial charge in [0, 0.05) is 0 Å². The molecular weight excluding hydrogens is 375 g/mol. The Bertz CT molecular complexity index is 647. The summed E-state index contributed by atoms with van der Waals surface area (Å²) in [5.41, 5.74) is 1.29. The summed E-state index contributed by atoms with van der Waals surface area (Å²) in [5, 5.41) is 2.48. The van der Waals surface area contributed by atoms with Crippen molar-refractivity contribution in [2.75, 3.05) is 0 Å². The van der Waals surface area contributed by atoms with Gasteiger partial charge in [-0.1, -0.05) is 66.7 Å². The number of rotatable bonds is 4. The van der Waals surface area contributed by atoms with Crippen LogP contribution in [0.25, 0.3) is 0 Å². The monoisotopic (exact) mass is 390 g/mol. The maximum absolute atomic E-state index is 7.24. The molecular formula is C19H17BrClP. The molecule has 0 amide bonds. The molecule has 0 atom stereocenters. The van der Waals surface area contributed by atoms with Crippen molar-refractivity contribution in [2.45, 2.75) is 6.16 Å². The molecule has 0 saturated heterocycles. The van der Waals surface area contributed by atoms with Gasteiger partial charge in [-0.25, -0.2) is 0 Å². The van der Waals surface area contributed by atoms with Gasteiger partial charge in [0.1, 0.15) is 16.8 Å². The van der Waals surface area contributed by atoms with Gasteiger partial charge >= 0.3 is 0 Å². The van der Waals surface area contributed by atoms with E-state index in [2.05, 4.69) is 72.8 Å². The summed E-state index contributed by atoms with van der Waals surface area (Å²) in [6.07, 6.45) is 0.878. The first-order chi connectivity index (χ1) is 10.3. The minimum atomic E-state index is -1.92. The van der Waals surface area contributed by atoms with Crippen molar-refractivity contribution in [3.63, 3.8) is 0 Å². The second-order valence-electron chi connectivity index (χ2n) is 5.03. The van der Waals surface area contributed by atoms with E-state index in [9.17, 15) is 0 Å². The van der Waals surface area contributed by atoms with Crippen LogP contribution >= 0.6 is 17.9 Å². The summed E-state index contributed by atoms with van der Waals surface area (Å²) in [6.45, 7) is -1.92. The first-order valence-corrected chi connectivity index (χ1v) is 9.90. The van der Waals surface area contributed by atoms with Gasteiger partial charge in [-0.2, -0.15) is 0 Å². The number of benzene rings is 3. The molecule has 112 valence electrons. The Hall–Kier alpha value is -1.14. The quantitative estimate of drug-likeness (QED) is 0.597. The van der Waals surface area contributed by atoms with E-state index in [1.165, 1.54) is 16.2 Å². The number of halogens is 2. The van der Waals surface area contributed by atoms with Gasteiger partial charge in [-0.3, -0.25) is 0 Å². The fourth-order valence-corrected chi connectivity index (χ4v) is 6.25. The van der Waals surface area contributed by atoms with Crippen LogP contribution in [0, 0.1) is 0 Å². The van der Waals surface area contributed by atoms with Gasteiger partial charge in [0.05, 0.1) is 11.2 Å². The van der Waals surface area contributed by atoms with Crippen LogP contribution in [0.15, 0.2) is 91.0 Å². The molecule has 0 heterocycles. The third-order valence-electron chi connectivity index (χ3n) is 3.57. The average molecular weight is 392 g/mol. The van der Waals surface area contributed by atoms with E-state index in [1.807, 2.05) is 18.2 Å². The van der Waals surface area contributed by atoms with Gasteiger partial charge < -0.3 is 17.0 Å². The van der Waals surface area contributed by atoms with Crippen LogP contribution < -0.4 is 27.6 Å². The van der Waals surface area contributed by atoms with Crippen LogP contribution in [-0.2, 0) is 6.16 Å². The molecule has 0 unspecified atom stereocenters. The first kappa shape index (κ1) is 17.2. The second-order valence-corrected chi connectivity index (χ2v) is 9.54. The summed E-state index contributed by atoms with van der Waals surface area (Å²) >= 11 is 7.24. The van der Waals surface area contributed by atoms with Crippen molar-refractivity contribution >= 4 is 28.5 Å². The summed E-state index contributed by atoms with van der Waals surface area (Å²) in [5.74, 6) is 0. The van der Waals surface area contributed by atoms with Crippen LogP contribution in [-0.4, -0.2) is 0 Å². The van der Waals surface area contributed by atoms with E-state index in [0.717, 1.165) is 6.16 Å². The van der Waals surface area contributed by atoms with Crippen molar-refractivity contribution in [3.8, 4) is 0 Å². The lowest BCUT2D eigenvalue weighted by Gasteiger charge is -2.19. The van der Waals surface area contributed by atoms with Crippen LogP contribution in [0.5, 0.6) is 0 Å². The van der Waals surface area contributed by atoms with Gasteiger partial charge in [-0.05, 0) is 29.8 Å². The highest BCUT2D eigenvalue weighted by atomic mass is 79.9.